The second-order valence-corrected chi connectivity index (χ2v) is 4.10. The molecule has 104 valence electrons. The Hall–Kier alpha value is -2.63. The molecule has 0 saturated heterocycles. The molecule has 0 aromatic heterocycles. The molecule has 0 spiro atoms. The average Bonchev–Trinajstić information content (AvgIpc) is 2.42. The lowest BCUT2D eigenvalue weighted by molar-refractivity contribution is 0.0467. The summed E-state index contributed by atoms with van der Waals surface area (Å²) in [6.07, 6.45) is 0. The number of esters is 1. The van der Waals surface area contributed by atoms with Crippen LogP contribution in [0.3, 0.4) is 0 Å². The Morgan fingerprint density at radius 2 is 1.80 bits per heavy atom. The van der Waals surface area contributed by atoms with E-state index in [1.54, 1.807) is 12.1 Å². The smallest absolute Gasteiger partial charge is 0.341 e. The number of phenols is 1. The topological polar surface area (TPSA) is 72.6 Å². The molecule has 0 radical (unpaired) electrons. The van der Waals surface area contributed by atoms with Crippen molar-refractivity contribution in [3.8, 4) is 5.75 Å². The number of phenolic OH excluding ortho intramolecular Hbond substituents is 1. The van der Waals surface area contributed by atoms with Crippen molar-refractivity contribution in [2.24, 2.45) is 0 Å². The number of rotatable bonds is 3. The summed E-state index contributed by atoms with van der Waals surface area (Å²) in [7, 11) is 0. The maximum Gasteiger partial charge on any atom is 0.341 e. The Labute approximate surface area is 113 Å². The highest BCUT2D eigenvalue weighted by Crippen LogP contribution is 2.18. The number of carbonyl (C=O) groups is 1. The molecule has 6 heteroatoms. The molecule has 0 aliphatic rings. The number of hydrogen-bond acceptors (Lipinski definition) is 4. The van der Waals surface area contributed by atoms with Crippen molar-refractivity contribution in [2.45, 2.75) is 6.61 Å². The van der Waals surface area contributed by atoms with Gasteiger partial charge in [-0.15, -0.1) is 0 Å². The predicted octanol–water partition coefficient (Wildman–Crippen LogP) is 2.61. The van der Waals surface area contributed by atoms with E-state index in [4.69, 9.17) is 15.6 Å². The zero-order valence-electron chi connectivity index (χ0n) is 10.3. The van der Waals surface area contributed by atoms with Gasteiger partial charge in [0, 0.05) is 6.07 Å². The van der Waals surface area contributed by atoms with Gasteiger partial charge < -0.3 is 15.6 Å². The summed E-state index contributed by atoms with van der Waals surface area (Å²) in [5.41, 5.74) is 4.89. The van der Waals surface area contributed by atoms with Crippen LogP contribution in [0.1, 0.15) is 15.9 Å². The number of hydrogen-bond donors (Lipinski definition) is 2. The van der Waals surface area contributed by atoms with Crippen molar-refractivity contribution in [1.29, 1.82) is 0 Å². The van der Waals surface area contributed by atoms with Gasteiger partial charge in [-0.25, -0.2) is 13.6 Å². The summed E-state index contributed by atoms with van der Waals surface area (Å²) in [5, 5.41) is 9.09. The van der Waals surface area contributed by atoms with Crippen LogP contribution in [0.5, 0.6) is 5.75 Å². The van der Waals surface area contributed by atoms with Gasteiger partial charge in [-0.05, 0) is 23.8 Å². The summed E-state index contributed by atoms with van der Waals surface area (Å²) >= 11 is 0. The van der Waals surface area contributed by atoms with Gasteiger partial charge in [-0.2, -0.15) is 0 Å². The van der Waals surface area contributed by atoms with Crippen LogP contribution in [0.2, 0.25) is 0 Å². The van der Waals surface area contributed by atoms with Crippen molar-refractivity contribution in [1.82, 2.24) is 0 Å². The molecule has 0 amide bonds. The third-order valence-corrected chi connectivity index (χ3v) is 2.61. The molecule has 0 unspecified atom stereocenters. The molecule has 0 saturated carbocycles. The summed E-state index contributed by atoms with van der Waals surface area (Å²) in [4.78, 5) is 11.7. The minimum atomic E-state index is -0.991. The lowest BCUT2D eigenvalue weighted by Gasteiger charge is -2.07. The zero-order valence-corrected chi connectivity index (χ0v) is 10.3. The standard InChI is InChI=1S/C14H11F2NO3/c15-11-6-13(17)12(16)5-10(11)14(19)20-7-8-1-3-9(18)4-2-8/h1-6,18H,7,17H2. The van der Waals surface area contributed by atoms with Gasteiger partial charge in [0.2, 0.25) is 0 Å². The largest absolute Gasteiger partial charge is 0.508 e. The van der Waals surface area contributed by atoms with Crippen LogP contribution in [0.4, 0.5) is 14.5 Å². The third kappa shape index (κ3) is 3.03. The monoisotopic (exact) mass is 279 g/mol. The van der Waals surface area contributed by atoms with Crippen LogP contribution in [0.15, 0.2) is 36.4 Å². The van der Waals surface area contributed by atoms with E-state index in [1.165, 1.54) is 12.1 Å². The van der Waals surface area contributed by atoms with Crippen LogP contribution in [-0.2, 0) is 11.3 Å². The minimum Gasteiger partial charge on any atom is -0.508 e. The fourth-order valence-corrected chi connectivity index (χ4v) is 1.54. The van der Waals surface area contributed by atoms with Gasteiger partial charge in [0.15, 0.2) is 0 Å². The average molecular weight is 279 g/mol. The maximum absolute atomic E-state index is 13.5. The number of nitrogen functional groups attached to an aromatic ring is 1. The van der Waals surface area contributed by atoms with E-state index in [9.17, 15) is 13.6 Å². The number of ether oxygens (including phenoxy) is 1. The molecule has 0 fully saturated rings. The second-order valence-electron chi connectivity index (χ2n) is 4.10. The van der Waals surface area contributed by atoms with Crippen molar-refractivity contribution in [2.75, 3.05) is 5.73 Å². The Balaban J connectivity index is 2.09. The van der Waals surface area contributed by atoms with Crippen LogP contribution >= 0.6 is 0 Å². The first-order valence-electron chi connectivity index (χ1n) is 5.67. The van der Waals surface area contributed by atoms with E-state index in [-0.39, 0.29) is 18.0 Å². The molecule has 0 aliphatic heterocycles. The van der Waals surface area contributed by atoms with Gasteiger partial charge in [-0.1, -0.05) is 12.1 Å². The molecule has 2 rings (SSSR count). The van der Waals surface area contributed by atoms with Crippen molar-refractivity contribution in [3.05, 3.63) is 59.2 Å². The molecule has 0 bridgehead atoms. The van der Waals surface area contributed by atoms with Crippen molar-refractivity contribution in [3.63, 3.8) is 0 Å². The van der Waals surface area contributed by atoms with Crippen molar-refractivity contribution >= 4 is 11.7 Å². The van der Waals surface area contributed by atoms with Gasteiger partial charge in [0.25, 0.3) is 0 Å². The summed E-state index contributed by atoms with van der Waals surface area (Å²) in [6, 6.07) is 7.36. The number of carbonyl (C=O) groups excluding carboxylic acids is 1. The Morgan fingerprint density at radius 1 is 1.15 bits per heavy atom. The molecule has 20 heavy (non-hydrogen) atoms. The number of aromatic hydroxyl groups is 1. The van der Waals surface area contributed by atoms with Crippen molar-refractivity contribution < 1.29 is 23.4 Å². The van der Waals surface area contributed by atoms with Gasteiger partial charge >= 0.3 is 5.97 Å². The highest BCUT2D eigenvalue weighted by Gasteiger charge is 2.16. The predicted molar refractivity (Wildman–Crippen MR) is 68.0 cm³/mol. The third-order valence-electron chi connectivity index (χ3n) is 2.61. The van der Waals surface area contributed by atoms with Gasteiger partial charge in [0.1, 0.15) is 24.0 Å². The number of anilines is 1. The number of benzene rings is 2. The molecule has 0 aliphatic carbocycles. The maximum atomic E-state index is 13.5. The number of halogens is 2. The van der Waals surface area contributed by atoms with Gasteiger partial charge in [0.05, 0.1) is 11.3 Å². The summed E-state index contributed by atoms with van der Waals surface area (Å²) in [5.74, 6) is -2.75. The van der Waals surface area contributed by atoms with Gasteiger partial charge in [-0.3, -0.25) is 0 Å². The lowest BCUT2D eigenvalue weighted by atomic mass is 10.2. The van der Waals surface area contributed by atoms with E-state index < -0.39 is 23.2 Å². The Kier molecular flexibility index (Phi) is 3.84. The fourth-order valence-electron chi connectivity index (χ4n) is 1.54. The molecule has 4 nitrogen and oxygen atoms in total. The molecule has 0 heterocycles. The molecule has 0 atom stereocenters. The molecule has 2 aromatic carbocycles. The van der Waals surface area contributed by atoms with Crippen LogP contribution in [0.25, 0.3) is 0 Å². The van der Waals surface area contributed by atoms with Crippen LogP contribution < -0.4 is 5.73 Å². The second kappa shape index (κ2) is 5.56. The highest BCUT2D eigenvalue weighted by atomic mass is 19.1. The van der Waals surface area contributed by atoms with E-state index in [2.05, 4.69) is 0 Å². The minimum absolute atomic E-state index is 0.0757. The van der Waals surface area contributed by atoms with E-state index in [0.29, 0.717) is 11.6 Å². The highest BCUT2D eigenvalue weighted by molar-refractivity contribution is 5.90. The summed E-state index contributed by atoms with van der Waals surface area (Å²) in [6.45, 7) is -0.120. The normalized spacial score (nSPS) is 10.3. The summed E-state index contributed by atoms with van der Waals surface area (Å²) < 4.78 is 31.5. The molecular weight excluding hydrogens is 268 g/mol. The quantitative estimate of drug-likeness (QED) is 0.669. The molecule has 2 aromatic rings. The van der Waals surface area contributed by atoms with E-state index in [0.717, 1.165) is 6.07 Å². The first kappa shape index (κ1) is 13.8. The van der Waals surface area contributed by atoms with Crippen LogP contribution in [-0.4, -0.2) is 11.1 Å². The molecular formula is C14H11F2NO3. The Bertz CT molecular complexity index is 642. The fraction of sp³-hybridized carbons (Fsp3) is 0.0714. The lowest BCUT2D eigenvalue weighted by Crippen LogP contribution is -2.09. The van der Waals surface area contributed by atoms with E-state index >= 15 is 0 Å². The zero-order chi connectivity index (χ0) is 14.7. The van der Waals surface area contributed by atoms with Crippen LogP contribution in [0, 0.1) is 11.6 Å². The SMILES string of the molecule is Nc1cc(F)c(C(=O)OCc2ccc(O)cc2)cc1F. The first-order valence-corrected chi connectivity index (χ1v) is 5.67. The molecule has 3 N–H and O–H groups in total. The first-order chi connectivity index (χ1) is 9.47. The number of nitrogens with two attached hydrogens (primary N) is 1. The Morgan fingerprint density at radius 3 is 2.45 bits per heavy atom. The van der Waals surface area contributed by atoms with E-state index in [1.807, 2.05) is 0 Å².